The molecule has 0 aromatic heterocycles. The van der Waals surface area contributed by atoms with Crippen molar-refractivity contribution in [1.82, 2.24) is 0 Å². The van der Waals surface area contributed by atoms with E-state index in [-0.39, 0.29) is 13.0 Å². The molecule has 0 radical (unpaired) electrons. The fourth-order valence-electron chi connectivity index (χ4n) is 1.87. The van der Waals surface area contributed by atoms with Crippen LogP contribution in [0.5, 0.6) is 0 Å². The van der Waals surface area contributed by atoms with Crippen LogP contribution in [0.25, 0.3) is 0 Å². The fraction of sp³-hybridized carbons (Fsp3) is 0.692. The lowest BCUT2D eigenvalue weighted by atomic mass is 10.0. The molecule has 106 valence electrons. The van der Waals surface area contributed by atoms with Gasteiger partial charge in [0.1, 0.15) is 12.2 Å². The molecule has 1 aliphatic rings. The normalized spacial score (nSPS) is 28.0. The van der Waals surface area contributed by atoms with Crippen LogP contribution < -0.4 is 0 Å². The molecule has 6 nitrogen and oxygen atoms in total. The molecule has 0 amide bonds. The molecule has 0 saturated carbocycles. The Kier molecular flexibility index (Phi) is 5.80. The van der Waals surface area contributed by atoms with Crippen molar-refractivity contribution in [3.8, 4) is 12.3 Å². The Hall–Kier alpha value is -1.58. The highest BCUT2D eigenvalue weighted by Crippen LogP contribution is 2.22. The van der Waals surface area contributed by atoms with E-state index in [2.05, 4.69) is 5.92 Å². The van der Waals surface area contributed by atoms with Gasteiger partial charge in [-0.15, -0.1) is 12.3 Å². The van der Waals surface area contributed by atoms with Crippen molar-refractivity contribution < 1.29 is 28.5 Å². The topological polar surface area (TPSA) is 71.1 Å². The first-order valence-electron chi connectivity index (χ1n) is 5.99. The van der Waals surface area contributed by atoms with Gasteiger partial charge in [0.05, 0.1) is 6.61 Å². The molecule has 1 saturated heterocycles. The average Bonchev–Trinajstić information content (AvgIpc) is 2.30. The number of ether oxygens (including phenoxy) is 4. The van der Waals surface area contributed by atoms with Gasteiger partial charge in [0.2, 0.25) is 0 Å². The van der Waals surface area contributed by atoms with Gasteiger partial charge in [-0.2, -0.15) is 0 Å². The summed E-state index contributed by atoms with van der Waals surface area (Å²) in [5, 5.41) is 0. The fourth-order valence-corrected chi connectivity index (χ4v) is 1.87. The Labute approximate surface area is 112 Å². The van der Waals surface area contributed by atoms with E-state index in [9.17, 15) is 9.59 Å². The summed E-state index contributed by atoms with van der Waals surface area (Å²) in [5.74, 6) is 1.49. The highest BCUT2D eigenvalue weighted by Gasteiger charge is 2.39. The quantitative estimate of drug-likeness (QED) is 0.551. The van der Waals surface area contributed by atoms with Gasteiger partial charge < -0.3 is 18.9 Å². The molecule has 1 heterocycles. The Balaban J connectivity index is 2.82. The van der Waals surface area contributed by atoms with Gasteiger partial charge in [-0.1, -0.05) is 0 Å². The zero-order chi connectivity index (χ0) is 14.4. The SMILES string of the molecule is C#CC[C@H](OC(C)=O)[C@@H]1O[C@H](C)OC[C@H]1OC(C)=O. The number of hydrogen-bond donors (Lipinski definition) is 0. The average molecular weight is 270 g/mol. The Morgan fingerprint density at radius 3 is 2.63 bits per heavy atom. The second-order valence-electron chi connectivity index (χ2n) is 4.21. The molecule has 1 rings (SSSR count). The predicted octanol–water partition coefficient (Wildman–Crippen LogP) is 0.635. The van der Waals surface area contributed by atoms with E-state index in [1.165, 1.54) is 13.8 Å². The molecule has 4 atom stereocenters. The monoisotopic (exact) mass is 270 g/mol. The third-order valence-corrected chi connectivity index (χ3v) is 2.53. The maximum Gasteiger partial charge on any atom is 0.303 e. The van der Waals surface area contributed by atoms with Crippen LogP contribution >= 0.6 is 0 Å². The summed E-state index contributed by atoms with van der Waals surface area (Å²) >= 11 is 0. The van der Waals surface area contributed by atoms with Crippen molar-refractivity contribution in [2.24, 2.45) is 0 Å². The molecule has 0 bridgehead atoms. The number of carbonyl (C=O) groups excluding carboxylic acids is 2. The number of rotatable bonds is 4. The van der Waals surface area contributed by atoms with Gasteiger partial charge >= 0.3 is 11.9 Å². The largest absolute Gasteiger partial charge is 0.459 e. The van der Waals surface area contributed by atoms with Crippen molar-refractivity contribution in [2.45, 2.75) is 51.8 Å². The molecular formula is C13H18O6. The van der Waals surface area contributed by atoms with Crippen LogP contribution in [0.2, 0.25) is 0 Å². The Morgan fingerprint density at radius 2 is 2.11 bits per heavy atom. The molecule has 0 spiro atoms. The second-order valence-corrected chi connectivity index (χ2v) is 4.21. The minimum Gasteiger partial charge on any atom is -0.459 e. The van der Waals surface area contributed by atoms with E-state index in [1.54, 1.807) is 6.92 Å². The summed E-state index contributed by atoms with van der Waals surface area (Å²) < 4.78 is 21.1. The van der Waals surface area contributed by atoms with E-state index in [0.29, 0.717) is 0 Å². The van der Waals surface area contributed by atoms with E-state index in [0.717, 1.165) is 0 Å². The molecule has 0 aromatic carbocycles. The Bertz CT molecular complexity index is 372. The standard InChI is InChI=1S/C13H18O6/c1-5-6-11(17-8(2)14)13-12(18-9(3)15)7-16-10(4)19-13/h1,10-13H,6-7H2,2-4H3/t10-,11+,12-,13+/m1/s1. The number of terminal acetylenes is 1. The highest BCUT2D eigenvalue weighted by atomic mass is 16.7. The second kappa shape index (κ2) is 7.12. The van der Waals surface area contributed by atoms with Crippen molar-refractivity contribution in [3.63, 3.8) is 0 Å². The maximum atomic E-state index is 11.1. The first-order chi connectivity index (χ1) is 8.93. The summed E-state index contributed by atoms with van der Waals surface area (Å²) in [5.41, 5.74) is 0. The predicted molar refractivity (Wildman–Crippen MR) is 64.8 cm³/mol. The molecule has 0 aromatic rings. The minimum absolute atomic E-state index is 0.174. The third-order valence-electron chi connectivity index (χ3n) is 2.53. The van der Waals surface area contributed by atoms with Crippen LogP contribution in [0.4, 0.5) is 0 Å². The molecule has 0 unspecified atom stereocenters. The zero-order valence-corrected chi connectivity index (χ0v) is 11.3. The molecular weight excluding hydrogens is 252 g/mol. The first-order valence-corrected chi connectivity index (χ1v) is 5.99. The first kappa shape index (κ1) is 15.5. The summed E-state index contributed by atoms with van der Waals surface area (Å²) in [6.07, 6.45) is 3.01. The van der Waals surface area contributed by atoms with E-state index >= 15 is 0 Å². The van der Waals surface area contributed by atoms with Crippen molar-refractivity contribution in [3.05, 3.63) is 0 Å². The van der Waals surface area contributed by atoms with Gasteiger partial charge in [-0.05, 0) is 6.92 Å². The molecule has 0 aliphatic carbocycles. The smallest absolute Gasteiger partial charge is 0.303 e. The molecule has 0 N–H and O–H groups in total. The van der Waals surface area contributed by atoms with Gasteiger partial charge in [-0.3, -0.25) is 9.59 Å². The van der Waals surface area contributed by atoms with Gasteiger partial charge in [0.25, 0.3) is 0 Å². The van der Waals surface area contributed by atoms with Crippen molar-refractivity contribution in [2.75, 3.05) is 6.61 Å². The zero-order valence-electron chi connectivity index (χ0n) is 11.3. The lowest BCUT2D eigenvalue weighted by molar-refractivity contribution is -0.270. The number of esters is 2. The van der Waals surface area contributed by atoms with Gasteiger partial charge in [-0.25, -0.2) is 0 Å². The van der Waals surface area contributed by atoms with Crippen LogP contribution in [-0.2, 0) is 28.5 Å². The molecule has 1 fully saturated rings. The third kappa shape index (κ3) is 4.89. The van der Waals surface area contributed by atoms with E-state index in [1.807, 2.05) is 0 Å². The van der Waals surface area contributed by atoms with Crippen LogP contribution in [0.15, 0.2) is 0 Å². The summed E-state index contributed by atoms with van der Waals surface area (Å²) in [7, 11) is 0. The van der Waals surface area contributed by atoms with Crippen LogP contribution in [0.3, 0.4) is 0 Å². The van der Waals surface area contributed by atoms with Crippen molar-refractivity contribution >= 4 is 11.9 Å². The van der Waals surface area contributed by atoms with Crippen molar-refractivity contribution in [1.29, 1.82) is 0 Å². The minimum atomic E-state index is -0.668. The van der Waals surface area contributed by atoms with Crippen LogP contribution in [0.1, 0.15) is 27.2 Å². The summed E-state index contributed by atoms with van der Waals surface area (Å²) in [6, 6.07) is 0. The molecule has 1 aliphatic heterocycles. The lowest BCUT2D eigenvalue weighted by Crippen LogP contribution is -2.51. The van der Waals surface area contributed by atoms with Crippen LogP contribution in [-0.4, -0.2) is 43.1 Å². The molecule has 6 heteroatoms. The summed E-state index contributed by atoms with van der Waals surface area (Å²) in [4.78, 5) is 22.2. The number of hydrogen-bond acceptors (Lipinski definition) is 6. The van der Waals surface area contributed by atoms with Crippen LogP contribution in [0, 0.1) is 12.3 Å². The van der Waals surface area contributed by atoms with Gasteiger partial charge in [0, 0.05) is 20.3 Å². The highest BCUT2D eigenvalue weighted by molar-refractivity contribution is 5.67. The van der Waals surface area contributed by atoms with E-state index in [4.69, 9.17) is 25.4 Å². The molecule has 19 heavy (non-hydrogen) atoms. The summed E-state index contributed by atoms with van der Waals surface area (Å²) in [6.45, 7) is 4.45. The number of carbonyl (C=O) groups is 2. The lowest BCUT2D eigenvalue weighted by Gasteiger charge is -2.37. The van der Waals surface area contributed by atoms with Gasteiger partial charge in [0.15, 0.2) is 12.4 Å². The maximum absolute atomic E-state index is 11.1. The Morgan fingerprint density at radius 1 is 1.42 bits per heavy atom. The van der Waals surface area contributed by atoms with E-state index < -0.39 is 36.5 Å².